The van der Waals surface area contributed by atoms with Crippen LogP contribution in [0.4, 0.5) is 22.2 Å². The molecule has 1 fully saturated rings. The molecule has 2 aliphatic rings. The largest absolute Gasteiger partial charge is 0.443 e. The van der Waals surface area contributed by atoms with E-state index in [0.717, 1.165) is 55.2 Å². The number of amides is 1. The van der Waals surface area contributed by atoms with Gasteiger partial charge in [0.2, 0.25) is 5.95 Å². The summed E-state index contributed by atoms with van der Waals surface area (Å²) in [5, 5.41) is 18.6. The van der Waals surface area contributed by atoms with Crippen LogP contribution in [0.15, 0.2) is 30.5 Å². The fourth-order valence-corrected chi connectivity index (χ4v) is 7.05. The van der Waals surface area contributed by atoms with Gasteiger partial charge in [0, 0.05) is 56.2 Å². The number of nitrogens with one attached hydrogen (secondary N) is 1. The second-order valence-corrected chi connectivity index (χ2v) is 20.8. The molecule has 0 saturated carbocycles. The Hall–Kier alpha value is -3.79. The summed E-state index contributed by atoms with van der Waals surface area (Å²) in [6.07, 6.45) is 3.25. The van der Waals surface area contributed by atoms with Crippen molar-refractivity contribution < 1.29 is 18.7 Å². The predicted molar refractivity (Wildman–Crippen MR) is 190 cm³/mol. The SMILES string of the molecule is Cc1cc(Nc2nccc(-c3cc(C#N)c4c(c3)[C@@](C)(CO[Si](C)(C)C(C)(C)C)CN4C(=O)OC(C)(C)C)n2)n(CC2CCOCC2)n1. The normalized spacial score (nSPS) is 18.8. The lowest BCUT2D eigenvalue weighted by atomic mass is 9.83. The van der Waals surface area contributed by atoms with Crippen LogP contribution in [0.25, 0.3) is 11.3 Å². The number of nitrogens with zero attached hydrogens (tertiary/aromatic N) is 6. The maximum Gasteiger partial charge on any atom is 0.414 e. The fraction of sp³-hybridized carbons (Fsp3) is 0.583. The molecule has 3 aromatic rings. The zero-order valence-electron chi connectivity index (χ0n) is 30.2. The highest BCUT2D eigenvalue weighted by molar-refractivity contribution is 6.74. The summed E-state index contributed by atoms with van der Waals surface area (Å²) in [5.74, 6) is 1.75. The molecule has 0 spiro atoms. The molecule has 1 N–H and O–H groups in total. The van der Waals surface area contributed by atoms with Gasteiger partial charge in [-0.25, -0.2) is 19.4 Å². The second kappa shape index (κ2) is 13.3. The van der Waals surface area contributed by atoms with Crippen molar-refractivity contribution in [3.63, 3.8) is 0 Å². The van der Waals surface area contributed by atoms with E-state index in [4.69, 9.17) is 24.0 Å². The highest BCUT2D eigenvalue weighted by Crippen LogP contribution is 2.47. The lowest BCUT2D eigenvalue weighted by molar-refractivity contribution is 0.0574. The Bertz CT molecular complexity index is 1700. The minimum absolute atomic E-state index is 0.0123. The second-order valence-electron chi connectivity index (χ2n) is 16.0. The molecule has 2 aliphatic heterocycles. The summed E-state index contributed by atoms with van der Waals surface area (Å²) in [7, 11) is -2.13. The van der Waals surface area contributed by atoms with Gasteiger partial charge in [-0.3, -0.25) is 4.90 Å². The van der Waals surface area contributed by atoms with Gasteiger partial charge in [-0.1, -0.05) is 27.7 Å². The highest BCUT2D eigenvalue weighted by Gasteiger charge is 2.47. The summed E-state index contributed by atoms with van der Waals surface area (Å²) in [5.41, 5.74) is 2.84. The van der Waals surface area contributed by atoms with Gasteiger partial charge in [0.05, 0.1) is 22.6 Å². The molecule has 0 unspecified atom stereocenters. The predicted octanol–water partition coefficient (Wildman–Crippen LogP) is 7.73. The Morgan fingerprint density at radius 1 is 1.17 bits per heavy atom. The molecular formula is C36H51N7O4Si. The van der Waals surface area contributed by atoms with Crippen LogP contribution in [-0.4, -0.2) is 66.1 Å². The van der Waals surface area contributed by atoms with Crippen molar-refractivity contribution in [3.05, 3.63) is 47.3 Å². The maximum absolute atomic E-state index is 13.6. The average molecular weight is 674 g/mol. The lowest BCUT2D eigenvalue weighted by Gasteiger charge is -2.39. The van der Waals surface area contributed by atoms with E-state index in [0.29, 0.717) is 42.0 Å². The number of rotatable bonds is 8. The van der Waals surface area contributed by atoms with Crippen molar-refractivity contribution in [2.45, 2.75) is 104 Å². The molecule has 0 aliphatic carbocycles. The van der Waals surface area contributed by atoms with Crippen LogP contribution in [0.3, 0.4) is 0 Å². The number of benzene rings is 1. The summed E-state index contributed by atoms with van der Waals surface area (Å²) >= 11 is 0. The number of fused-ring (bicyclic) bond motifs is 1. The van der Waals surface area contributed by atoms with Crippen molar-refractivity contribution in [2.75, 3.05) is 36.6 Å². The molecule has 11 nitrogen and oxygen atoms in total. The number of carbonyl (C=O) groups is 1. The number of anilines is 3. The molecule has 1 saturated heterocycles. The molecule has 2 aromatic heterocycles. The number of hydrogen-bond acceptors (Lipinski definition) is 9. The Morgan fingerprint density at radius 2 is 1.88 bits per heavy atom. The topological polar surface area (TPSA) is 127 Å². The van der Waals surface area contributed by atoms with E-state index in [9.17, 15) is 10.1 Å². The first-order chi connectivity index (χ1) is 22.4. The molecule has 1 atom stereocenters. The third-order valence-corrected chi connectivity index (χ3v) is 14.2. The van der Waals surface area contributed by atoms with Gasteiger partial charge in [0.1, 0.15) is 17.5 Å². The van der Waals surface area contributed by atoms with Gasteiger partial charge in [-0.2, -0.15) is 10.4 Å². The van der Waals surface area contributed by atoms with E-state index in [1.165, 1.54) is 0 Å². The number of ether oxygens (including phenoxy) is 2. The van der Waals surface area contributed by atoms with Gasteiger partial charge >= 0.3 is 6.09 Å². The summed E-state index contributed by atoms with van der Waals surface area (Å²) in [6.45, 7) is 23.8. The summed E-state index contributed by atoms with van der Waals surface area (Å²) < 4.78 is 20.1. The van der Waals surface area contributed by atoms with Crippen molar-refractivity contribution in [1.82, 2.24) is 19.7 Å². The van der Waals surface area contributed by atoms with Crippen LogP contribution in [0, 0.1) is 24.2 Å². The number of aryl methyl sites for hydroxylation is 1. The third kappa shape index (κ3) is 7.74. The fourth-order valence-electron chi connectivity index (χ4n) is 5.94. The van der Waals surface area contributed by atoms with Gasteiger partial charge in [-0.05, 0) is 88.3 Å². The van der Waals surface area contributed by atoms with Crippen LogP contribution in [0.2, 0.25) is 18.1 Å². The quantitative estimate of drug-likeness (QED) is 0.239. The zero-order valence-corrected chi connectivity index (χ0v) is 31.2. The first-order valence-corrected chi connectivity index (χ1v) is 19.8. The molecule has 5 rings (SSSR count). The number of nitriles is 1. The number of carbonyl (C=O) groups excluding carboxylic acids is 1. The monoisotopic (exact) mass is 673 g/mol. The maximum atomic E-state index is 13.6. The van der Waals surface area contributed by atoms with Gasteiger partial charge in [-0.15, -0.1) is 0 Å². The molecule has 258 valence electrons. The van der Waals surface area contributed by atoms with Crippen LogP contribution in [0.1, 0.15) is 78.1 Å². The van der Waals surface area contributed by atoms with E-state index in [2.05, 4.69) is 57.2 Å². The van der Waals surface area contributed by atoms with Crippen molar-refractivity contribution >= 4 is 31.9 Å². The average Bonchev–Trinajstić information content (AvgIpc) is 3.50. The Labute approximate surface area is 286 Å². The van der Waals surface area contributed by atoms with E-state index >= 15 is 0 Å². The molecule has 0 radical (unpaired) electrons. The Balaban J connectivity index is 1.51. The highest BCUT2D eigenvalue weighted by atomic mass is 28.4. The first kappa shape index (κ1) is 35.5. The summed E-state index contributed by atoms with van der Waals surface area (Å²) in [4.78, 5) is 24.6. The van der Waals surface area contributed by atoms with E-state index in [1.54, 1.807) is 17.2 Å². The molecule has 48 heavy (non-hydrogen) atoms. The Kier molecular flexibility index (Phi) is 9.81. The Morgan fingerprint density at radius 3 is 2.52 bits per heavy atom. The molecule has 4 heterocycles. The number of aromatic nitrogens is 4. The van der Waals surface area contributed by atoms with Gasteiger partial charge < -0.3 is 19.2 Å². The van der Waals surface area contributed by atoms with Crippen LogP contribution >= 0.6 is 0 Å². The zero-order chi connectivity index (χ0) is 35.1. The van der Waals surface area contributed by atoms with Crippen LogP contribution in [-0.2, 0) is 25.9 Å². The number of hydrogen-bond donors (Lipinski definition) is 1. The van der Waals surface area contributed by atoms with E-state index in [1.807, 2.05) is 50.6 Å². The molecular weight excluding hydrogens is 623 g/mol. The first-order valence-electron chi connectivity index (χ1n) is 16.8. The van der Waals surface area contributed by atoms with Crippen LogP contribution in [0.5, 0.6) is 0 Å². The van der Waals surface area contributed by atoms with Crippen molar-refractivity contribution in [3.8, 4) is 17.3 Å². The standard InChI is InChI=1S/C36H51N7O4Si/c1-24-17-30(43(41-24)21-25-12-15-45-16-13-25)40-32-38-14-11-29(39-32)26-18-27(20-37)31-28(19-26)36(8,23-46-48(9,10)35(5,6)7)22-42(31)33(44)47-34(2,3)4/h11,14,17-19,25H,12-13,15-16,21-23H2,1-10H3,(H,38,39,40)/t36-/m1/s1. The van der Waals surface area contributed by atoms with E-state index < -0.39 is 25.4 Å². The molecule has 0 bridgehead atoms. The third-order valence-electron chi connectivity index (χ3n) is 9.69. The molecule has 1 aromatic carbocycles. The lowest BCUT2D eigenvalue weighted by Crippen LogP contribution is -2.46. The van der Waals surface area contributed by atoms with Crippen molar-refractivity contribution in [1.29, 1.82) is 5.26 Å². The van der Waals surface area contributed by atoms with Gasteiger partial charge in [0.15, 0.2) is 8.32 Å². The van der Waals surface area contributed by atoms with Gasteiger partial charge in [0.25, 0.3) is 0 Å². The van der Waals surface area contributed by atoms with Crippen LogP contribution < -0.4 is 10.2 Å². The molecule has 1 amide bonds. The van der Waals surface area contributed by atoms with Crippen molar-refractivity contribution in [2.24, 2.45) is 5.92 Å². The van der Waals surface area contributed by atoms with E-state index in [-0.39, 0.29) is 5.04 Å². The smallest absolute Gasteiger partial charge is 0.414 e. The summed E-state index contributed by atoms with van der Waals surface area (Å²) in [6, 6.07) is 10.0. The minimum Gasteiger partial charge on any atom is -0.443 e. The minimum atomic E-state index is -2.13. The molecule has 12 heteroatoms.